The molecular formula is C21H22IN3. The first-order chi connectivity index (χ1) is 12.1. The van der Waals surface area contributed by atoms with E-state index in [4.69, 9.17) is 5.10 Å². The first-order valence-electron chi connectivity index (χ1n) is 8.83. The fourth-order valence-corrected chi connectivity index (χ4v) is 3.92. The van der Waals surface area contributed by atoms with Crippen molar-refractivity contribution in [1.29, 1.82) is 0 Å². The Morgan fingerprint density at radius 1 is 1.04 bits per heavy atom. The summed E-state index contributed by atoms with van der Waals surface area (Å²) in [5.74, 6) is 1.16. The van der Waals surface area contributed by atoms with Crippen molar-refractivity contribution in [3.05, 3.63) is 62.7 Å². The van der Waals surface area contributed by atoms with Crippen LogP contribution in [0.2, 0.25) is 0 Å². The Kier molecular flexibility index (Phi) is 4.54. The van der Waals surface area contributed by atoms with E-state index in [0.717, 1.165) is 30.2 Å². The number of hydrogen-bond donors (Lipinski definition) is 1. The van der Waals surface area contributed by atoms with Crippen molar-refractivity contribution in [1.82, 2.24) is 9.78 Å². The van der Waals surface area contributed by atoms with E-state index in [2.05, 4.69) is 88.9 Å². The smallest absolute Gasteiger partial charge is 0.133 e. The van der Waals surface area contributed by atoms with Crippen molar-refractivity contribution in [3.8, 4) is 16.9 Å². The molecule has 3 nitrogen and oxygen atoms in total. The average Bonchev–Trinajstić information content (AvgIpc) is 2.78. The van der Waals surface area contributed by atoms with Crippen molar-refractivity contribution < 1.29 is 0 Å². The molecule has 0 bridgehead atoms. The number of rotatable bonds is 2. The molecule has 0 aliphatic carbocycles. The van der Waals surface area contributed by atoms with Crippen LogP contribution in [-0.4, -0.2) is 16.3 Å². The quantitative estimate of drug-likeness (QED) is 0.530. The number of halogens is 1. The number of benzene rings is 2. The van der Waals surface area contributed by atoms with Gasteiger partial charge in [0.25, 0.3) is 0 Å². The SMILES string of the molecule is Cc1ccc(-n2nc(-c3ccc(I)cc3)c3c2NCCCC3)c(C)c1. The van der Waals surface area contributed by atoms with Crippen LogP contribution in [0.25, 0.3) is 16.9 Å². The zero-order chi connectivity index (χ0) is 17.4. The normalized spacial score (nSPS) is 13.9. The summed E-state index contributed by atoms with van der Waals surface area (Å²) in [5.41, 5.74) is 7.35. The third-order valence-corrected chi connectivity index (χ3v) is 5.55. The molecule has 4 heteroatoms. The molecule has 0 atom stereocenters. The van der Waals surface area contributed by atoms with Crippen LogP contribution in [0.4, 0.5) is 5.82 Å². The van der Waals surface area contributed by atoms with E-state index in [0.29, 0.717) is 0 Å². The Labute approximate surface area is 162 Å². The molecule has 0 radical (unpaired) electrons. The van der Waals surface area contributed by atoms with Gasteiger partial charge in [0.05, 0.1) is 11.4 Å². The Morgan fingerprint density at radius 2 is 1.84 bits per heavy atom. The number of hydrogen-bond acceptors (Lipinski definition) is 2. The van der Waals surface area contributed by atoms with Gasteiger partial charge in [-0.3, -0.25) is 0 Å². The Hall–Kier alpha value is -1.82. The van der Waals surface area contributed by atoms with Gasteiger partial charge in [0.2, 0.25) is 0 Å². The fraction of sp³-hybridized carbons (Fsp3) is 0.286. The third-order valence-electron chi connectivity index (χ3n) is 4.83. The van der Waals surface area contributed by atoms with Crippen molar-refractivity contribution in [2.24, 2.45) is 0 Å². The molecular weight excluding hydrogens is 421 g/mol. The molecule has 3 aromatic rings. The number of anilines is 1. The highest BCUT2D eigenvalue weighted by atomic mass is 127. The van der Waals surface area contributed by atoms with Crippen LogP contribution in [0.3, 0.4) is 0 Å². The van der Waals surface area contributed by atoms with E-state index in [9.17, 15) is 0 Å². The van der Waals surface area contributed by atoms with Gasteiger partial charge in [-0.15, -0.1) is 0 Å². The highest BCUT2D eigenvalue weighted by molar-refractivity contribution is 14.1. The summed E-state index contributed by atoms with van der Waals surface area (Å²) in [6.45, 7) is 5.31. The largest absolute Gasteiger partial charge is 0.370 e. The molecule has 1 aromatic heterocycles. The van der Waals surface area contributed by atoms with Gasteiger partial charge in [-0.1, -0.05) is 29.8 Å². The van der Waals surface area contributed by atoms with Gasteiger partial charge in [-0.25, -0.2) is 4.68 Å². The van der Waals surface area contributed by atoms with E-state index in [1.807, 2.05) is 0 Å². The molecule has 128 valence electrons. The van der Waals surface area contributed by atoms with Crippen molar-refractivity contribution in [2.45, 2.75) is 33.1 Å². The summed E-state index contributed by atoms with van der Waals surface area (Å²) in [6, 6.07) is 15.2. The molecule has 1 aliphatic heterocycles. The van der Waals surface area contributed by atoms with E-state index < -0.39 is 0 Å². The van der Waals surface area contributed by atoms with Gasteiger partial charge < -0.3 is 5.32 Å². The van der Waals surface area contributed by atoms with Crippen molar-refractivity contribution in [2.75, 3.05) is 11.9 Å². The zero-order valence-electron chi connectivity index (χ0n) is 14.6. The van der Waals surface area contributed by atoms with Crippen LogP contribution in [0.1, 0.15) is 29.5 Å². The van der Waals surface area contributed by atoms with Gasteiger partial charge in [-0.05, 0) is 79.5 Å². The zero-order valence-corrected chi connectivity index (χ0v) is 16.8. The summed E-state index contributed by atoms with van der Waals surface area (Å²) in [7, 11) is 0. The van der Waals surface area contributed by atoms with Gasteiger partial charge in [0.1, 0.15) is 5.82 Å². The first-order valence-corrected chi connectivity index (χ1v) is 9.91. The number of nitrogens with zero attached hydrogens (tertiary/aromatic N) is 2. The first kappa shape index (κ1) is 16.6. The van der Waals surface area contributed by atoms with Gasteiger partial charge in [0.15, 0.2) is 0 Å². The van der Waals surface area contributed by atoms with Gasteiger partial charge in [-0.2, -0.15) is 5.10 Å². The summed E-state index contributed by atoms with van der Waals surface area (Å²) in [6.07, 6.45) is 3.48. The standard InChI is InChI=1S/C21H22IN3/c1-14-6-11-19(15(2)13-14)25-21-18(5-3-4-12-23-21)20(24-25)16-7-9-17(22)10-8-16/h6-11,13,23H,3-5,12H2,1-2H3. The number of nitrogens with one attached hydrogen (secondary N) is 1. The van der Waals surface area contributed by atoms with Crippen LogP contribution < -0.4 is 5.32 Å². The summed E-state index contributed by atoms with van der Waals surface area (Å²) in [4.78, 5) is 0. The topological polar surface area (TPSA) is 29.9 Å². The third kappa shape index (κ3) is 3.19. The highest BCUT2D eigenvalue weighted by Crippen LogP contribution is 2.34. The van der Waals surface area contributed by atoms with Crippen molar-refractivity contribution >= 4 is 28.4 Å². The Bertz CT molecular complexity index is 910. The number of aryl methyl sites for hydroxylation is 2. The second kappa shape index (κ2) is 6.83. The molecule has 0 saturated heterocycles. The molecule has 2 heterocycles. The molecule has 0 spiro atoms. The van der Waals surface area contributed by atoms with Crippen LogP contribution in [-0.2, 0) is 6.42 Å². The van der Waals surface area contributed by atoms with Gasteiger partial charge >= 0.3 is 0 Å². The summed E-state index contributed by atoms with van der Waals surface area (Å²) >= 11 is 2.35. The average molecular weight is 443 g/mol. The van der Waals surface area contributed by atoms with Crippen LogP contribution in [0.5, 0.6) is 0 Å². The lowest BCUT2D eigenvalue weighted by atomic mass is 10.0. The summed E-state index contributed by atoms with van der Waals surface area (Å²) < 4.78 is 3.36. The Balaban J connectivity index is 1.91. The lowest BCUT2D eigenvalue weighted by molar-refractivity contribution is 0.779. The second-order valence-corrected chi connectivity index (χ2v) is 8.01. The maximum atomic E-state index is 5.05. The molecule has 25 heavy (non-hydrogen) atoms. The number of fused-ring (bicyclic) bond motifs is 1. The molecule has 2 aromatic carbocycles. The van der Waals surface area contributed by atoms with Crippen LogP contribution in [0.15, 0.2) is 42.5 Å². The van der Waals surface area contributed by atoms with E-state index >= 15 is 0 Å². The maximum absolute atomic E-state index is 5.05. The van der Waals surface area contributed by atoms with E-state index in [1.54, 1.807) is 0 Å². The molecule has 0 saturated carbocycles. The maximum Gasteiger partial charge on any atom is 0.133 e. The number of aromatic nitrogens is 2. The predicted octanol–water partition coefficient (Wildman–Crippen LogP) is 5.51. The molecule has 0 unspecified atom stereocenters. The molecule has 1 N–H and O–H groups in total. The minimum Gasteiger partial charge on any atom is -0.370 e. The van der Waals surface area contributed by atoms with Crippen molar-refractivity contribution in [3.63, 3.8) is 0 Å². The Morgan fingerprint density at radius 3 is 2.60 bits per heavy atom. The van der Waals surface area contributed by atoms with Gasteiger partial charge in [0, 0.05) is 21.2 Å². The predicted molar refractivity (Wildman–Crippen MR) is 113 cm³/mol. The monoisotopic (exact) mass is 443 g/mol. The summed E-state index contributed by atoms with van der Waals surface area (Å²) in [5, 5.41) is 8.68. The second-order valence-electron chi connectivity index (χ2n) is 6.77. The van der Waals surface area contributed by atoms with E-state index in [1.165, 1.54) is 38.7 Å². The highest BCUT2D eigenvalue weighted by Gasteiger charge is 2.22. The van der Waals surface area contributed by atoms with Crippen LogP contribution >= 0.6 is 22.6 Å². The minimum absolute atomic E-state index is 1.01. The van der Waals surface area contributed by atoms with E-state index in [-0.39, 0.29) is 0 Å². The minimum atomic E-state index is 1.01. The molecule has 0 amide bonds. The molecule has 0 fully saturated rings. The lowest BCUT2D eigenvalue weighted by Crippen LogP contribution is -2.08. The molecule has 1 aliphatic rings. The lowest BCUT2D eigenvalue weighted by Gasteiger charge is -2.12. The fourth-order valence-electron chi connectivity index (χ4n) is 3.56. The molecule has 4 rings (SSSR count). The van der Waals surface area contributed by atoms with Crippen LogP contribution in [0, 0.1) is 17.4 Å².